The lowest BCUT2D eigenvalue weighted by Gasteiger charge is -2.08. The maximum atomic E-state index is 11.5. The highest BCUT2D eigenvalue weighted by molar-refractivity contribution is 5.49. The Balaban J connectivity index is 1.79. The fraction of sp³-hybridized carbons (Fsp3) is 0.267. The molecule has 2 aromatic heterocycles. The van der Waals surface area contributed by atoms with Gasteiger partial charge in [-0.25, -0.2) is 19.3 Å². The highest BCUT2D eigenvalue weighted by Crippen LogP contribution is 2.11. The number of hydrogen-bond donors (Lipinski definition) is 2. The number of rotatable bonds is 4. The number of H-pyrrole nitrogens is 1. The Labute approximate surface area is 121 Å². The highest BCUT2D eigenvalue weighted by atomic mass is 16.1. The lowest BCUT2D eigenvalue weighted by molar-refractivity contribution is 0.931. The lowest BCUT2D eigenvalue weighted by Crippen LogP contribution is -2.14. The monoisotopic (exact) mass is 283 g/mol. The van der Waals surface area contributed by atoms with E-state index in [-0.39, 0.29) is 5.69 Å². The lowest BCUT2D eigenvalue weighted by atomic mass is 10.1. The number of aromatic amines is 1. The van der Waals surface area contributed by atoms with E-state index in [0.29, 0.717) is 23.8 Å². The van der Waals surface area contributed by atoms with Crippen LogP contribution in [0.5, 0.6) is 0 Å². The van der Waals surface area contributed by atoms with Gasteiger partial charge in [-0.3, -0.25) is 0 Å². The van der Waals surface area contributed by atoms with Crippen molar-refractivity contribution in [2.24, 2.45) is 0 Å². The molecule has 0 atom stereocenters. The molecule has 3 aromatic rings. The molecule has 0 fully saturated rings. The van der Waals surface area contributed by atoms with E-state index in [1.165, 1.54) is 15.5 Å². The summed E-state index contributed by atoms with van der Waals surface area (Å²) in [6, 6.07) is 10.2. The summed E-state index contributed by atoms with van der Waals surface area (Å²) >= 11 is 0. The number of benzene rings is 1. The second-order valence-corrected chi connectivity index (χ2v) is 4.93. The van der Waals surface area contributed by atoms with Gasteiger partial charge in [0.25, 0.3) is 0 Å². The number of hydrogen-bond acceptors (Lipinski definition) is 4. The highest BCUT2D eigenvalue weighted by Gasteiger charge is 2.06. The second-order valence-electron chi connectivity index (χ2n) is 4.93. The number of fused-ring (bicyclic) bond motifs is 1. The molecule has 0 radical (unpaired) electrons. The summed E-state index contributed by atoms with van der Waals surface area (Å²) in [6.45, 7) is 4.60. The van der Waals surface area contributed by atoms with E-state index in [1.54, 1.807) is 13.0 Å². The SMILES string of the molecule is CCc1ccc(CNc2cc3n[nH]c(=O)n3c(C)n2)cc1. The third-order valence-electron chi connectivity index (χ3n) is 3.47. The van der Waals surface area contributed by atoms with Gasteiger partial charge in [0, 0.05) is 12.6 Å². The van der Waals surface area contributed by atoms with Gasteiger partial charge in [0.05, 0.1) is 0 Å². The van der Waals surface area contributed by atoms with Gasteiger partial charge in [-0.2, -0.15) is 5.10 Å². The van der Waals surface area contributed by atoms with Gasteiger partial charge in [0.15, 0.2) is 5.65 Å². The molecule has 0 spiro atoms. The molecule has 6 nitrogen and oxygen atoms in total. The van der Waals surface area contributed by atoms with E-state index in [4.69, 9.17) is 0 Å². The normalized spacial score (nSPS) is 11.0. The third-order valence-corrected chi connectivity index (χ3v) is 3.47. The van der Waals surface area contributed by atoms with Crippen LogP contribution < -0.4 is 11.0 Å². The molecule has 0 saturated heterocycles. The van der Waals surface area contributed by atoms with Crippen molar-refractivity contribution in [1.82, 2.24) is 19.6 Å². The van der Waals surface area contributed by atoms with E-state index in [1.807, 2.05) is 0 Å². The van der Waals surface area contributed by atoms with Crippen molar-refractivity contribution in [3.8, 4) is 0 Å². The topological polar surface area (TPSA) is 75.1 Å². The summed E-state index contributed by atoms with van der Waals surface area (Å²) in [5.74, 6) is 1.31. The van der Waals surface area contributed by atoms with Crippen LogP contribution in [-0.4, -0.2) is 19.6 Å². The largest absolute Gasteiger partial charge is 0.366 e. The van der Waals surface area contributed by atoms with Crippen molar-refractivity contribution in [3.05, 3.63) is 57.8 Å². The van der Waals surface area contributed by atoms with Crippen LogP contribution in [0.1, 0.15) is 23.9 Å². The molecule has 21 heavy (non-hydrogen) atoms. The molecular formula is C15H17N5O. The van der Waals surface area contributed by atoms with Crippen LogP contribution in [0.3, 0.4) is 0 Å². The smallest absolute Gasteiger partial charge is 0.349 e. The Morgan fingerprint density at radius 1 is 1.24 bits per heavy atom. The molecule has 1 aromatic carbocycles. The fourth-order valence-corrected chi connectivity index (χ4v) is 2.27. The quantitative estimate of drug-likeness (QED) is 0.767. The van der Waals surface area contributed by atoms with Crippen molar-refractivity contribution in [3.63, 3.8) is 0 Å². The summed E-state index contributed by atoms with van der Waals surface area (Å²) in [5, 5.41) is 9.64. The van der Waals surface area contributed by atoms with Crippen molar-refractivity contribution in [1.29, 1.82) is 0 Å². The molecule has 2 heterocycles. The standard InChI is InChI=1S/C15H17N5O/c1-3-11-4-6-12(7-5-11)9-16-13-8-14-18-19-15(21)20(14)10(2)17-13/h4-8,16H,3,9H2,1-2H3,(H,19,21). The molecule has 0 amide bonds. The van der Waals surface area contributed by atoms with Crippen molar-refractivity contribution in [2.75, 3.05) is 5.32 Å². The van der Waals surface area contributed by atoms with Gasteiger partial charge >= 0.3 is 5.69 Å². The molecule has 2 N–H and O–H groups in total. The molecule has 0 saturated carbocycles. The van der Waals surface area contributed by atoms with E-state index in [0.717, 1.165) is 6.42 Å². The average molecular weight is 283 g/mol. The summed E-state index contributed by atoms with van der Waals surface area (Å²) in [4.78, 5) is 15.9. The van der Waals surface area contributed by atoms with Crippen LogP contribution in [0.4, 0.5) is 5.82 Å². The molecule has 0 aliphatic rings. The zero-order valence-corrected chi connectivity index (χ0v) is 12.1. The average Bonchev–Trinajstić information content (AvgIpc) is 2.87. The van der Waals surface area contributed by atoms with Gasteiger partial charge in [-0.05, 0) is 24.5 Å². The minimum Gasteiger partial charge on any atom is -0.366 e. The van der Waals surface area contributed by atoms with Gasteiger partial charge in [-0.15, -0.1) is 0 Å². The first-order valence-electron chi connectivity index (χ1n) is 6.94. The van der Waals surface area contributed by atoms with Gasteiger partial charge in [0.1, 0.15) is 11.6 Å². The predicted octanol–water partition coefficient (Wildman–Crippen LogP) is 1.90. The molecule has 0 unspecified atom stereocenters. The summed E-state index contributed by atoms with van der Waals surface area (Å²) in [6.07, 6.45) is 1.04. The fourth-order valence-electron chi connectivity index (χ4n) is 2.27. The van der Waals surface area contributed by atoms with E-state index in [2.05, 4.69) is 51.7 Å². The number of nitrogens with one attached hydrogen (secondary N) is 2. The second kappa shape index (κ2) is 5.40. The van der Waals surface area contributed by atoms with Crippen molar-refractivity contribution >= 4 is 11.5 Å². The van der Waals surface area contributed by atoms with Gasteiger partial charge < -0.3 is 5.32 Å². The Kier molecular flexibility index (Phi) is 3.43. The molecule has 0 bridgehead atoms. The minimum absolute atomic E-state index is 0.267. The molecule has 3 rings (SSSR count). The van der Waals surface area contributed by atoms with Crippen LogP contribution in [-0.2, 0) is 13.0 Å². The molecule has 0 aliphatic heterocycles. The summed E-state index contributed by atoms with van der Waals surface area (Å²) < 4.78 is 1.45. The summed E-state index contributed by atoms with van der Waals surface area (Å²) in [7, 11) is 0. The first kappa shape index (κ1) is 13.4. The molecular weight excluding hydrogens is 266 g/mol. The third kappa shape index (κ3) is 2.65. The van der Waals surface area contributed by atoms with Crippen LogP contribution in [0.25, 0.3) is 5.65 Å². The van der Waals surface area contributed by atoms with Crippen molar-refractivity contribution < 1.29 is 0 Å². The Bertz CT molecular complexity index is 816. The van der Waals surface area contributed by atoms with Crippen LogP contribution in [0.2, 0.25) is 0 Å². The predicted molar refractivity (Wildman–Crippen MR) is 81.5 cm³/mol. The molecule has 0 aliphatic carbocycles. The molecule has 108 valence electrons. The number of anilines is 1. The Morgan fingerprint density at radius 3 is 2.67 bits per heavy atom. The van der Waals surface area contributed by atoms with E-state index >= 15 is 0 Å². The zero-order chi connectivity index (χ0) is 14.8. The first-order chi connectivity index (χ1) is 10.2. The maximum Gasteiger partial charge on any atom is 0.349 e. The number of nitrogens with zero attached hydrogens (tertiary/aromatic N) is 3. The Morgan fingerprint density at radius 2 is 1.95 bits per heavy atom. The number of aromatic nitrogens is 4. The van der Waals surface area contributed by atoms with Gasteiger partial charge in [0.2, 0.25) is 0 Å². The van der Waals surface area contributed by atoms with Crippen LogP contribution >= 0.6 is 0 Å². The molecule has 6 heteroatoms. The van der Waals surface area contributed by atoms with E-state index < -0.39 is 0 Å². The number of aryl methyl sites for hydroxylation is 2. The van der Waals surface area contributed by atoms with Crippen LogP contribution in [0, 0.1) is 6.92 Å². The minimum atomic E-state index is -0.267. The van der Waals surface area contributed by atoms with Gasteiger partial charge in [-0.1, -0.05) is 31.2 Å². The van der Waals surface area contributed by atoms with Crippen molar-refractivity contribution in [2.45, 2.75) is 26.8 Å². The maximum absolute atomic E-state index is 11.5. The summed E-state index contributed by atoms with van der Waals surface area (Å²) in [5.41, 5.74) is 2.81. The van der Waals surface area contributed by atoms with Crippen LogP contribution in [0.15, 0.2) is 35.1 Å². The first-order valence-corrected chi connectivity index (χ1v) is 6.94. The zero-order valence-electron chi connectivity index (χ0n) is 12.1. The van der Waals surface area contributed by atoms with E-state index in [9.17, 15) is 4.79 Å². The Hall–Kier alpha value is -2.63.